The monoisotopic (exact) mass is 406 g/mol. The average molecular weight is 406 g/mol. The topological polar surface area (TPSA) is 86.7 Å². The zero-order valence-electron chi connectivity index (χ0n) is 16.8. The van der Waals surface area contributed by atoms with E-state index >= 15 is 0 Å². The fourth-order valence-corrected chi connectivity index (χ4v) is 3.23. The van der Waals surface area contributed by atoms with Crippen molar-refractivity contribution in [1.29, 1.82) is 0 Å². The van der Waals surface area contributed by atoms with E-state index in [1.165, 1.54) is 0 Å². The standard InChI is InChI=1S/C22H22N4O4/c1-28-17-6-7-20(29-2)19(11-17)15-5-8-21(23-12-15)30-18-13-26(14-18)22(27)10-16-4-3-9-24-25-16/h3-9,11-12,18H,10,13-14H2,1-2H3. The number of carbonyl (C=O) groups is 1. The summed E-state index contributed by atoms with van der Waals surface area (Å²) in [6.45, 7) is 1.07. The molecule has 0 saturated carbocycles. The van der Waals surface area contributed by atoms with Crippen LogP contribution in [0.3, 0.4) is 0 Å². The number of benzene rings is 1. The molecular formula is C22H22N4O4. The van der Waals surface area contributed by atoms with Crippen molar-refractivity contribution < 1.29 is 19.0 Å². The minimum Gasteiger partial charge on any atom is -0.497 e. The molecule has 0 N–H and O–H groups in total. The van der Waals surface area contributed by atoms with E-state index in [9.17, 15) is 4.79 Å². The SMILES string of the molecule is COc1ccc(OC)c(-c2ccc(OC3CN(C(=O)Cc4cccnn4)C3)nc2)c1. The van der Waals surface area contributed by atoms with Gasteiger partial charge in [-0.2, -0.15) is 10.2 Å². The largest absolute Gasteiger partial charge is 0.497 e. The molecule has 0 atom stereocenters. The maximum atomic E-state index is 12.3. The van der Waals surface area contributed by atoms with Crippen LogP contribution >= 0.6 is 0 Å². The molecule has 8 nitrogen and oxygen atoms in total. The Morgan fingerprint density at radius 1 is 1.13 bits per heavy atom. The van der Waals surface area contributed by atoms with Crippen molar-refractivity contribution >= 4 is 5.91 Å². The average Bonchev–Trinajstić information content (AvgIpc) is 2.76. The van der Waals surface area contributed by atoms with Gasteiger partial charge in [0.1, 0.15) is 17.6 Å². The summed E-state index contributed by atoms with van der Waals surface area (Å²) in [4.78, 5) is 18.4. The van der Waals surface area contributed by atoms with Crippen LogP contribution in [-0.2, 0) is 11.2 Å². The highest BCUT2D eigenvalue weighted by atomic mass is 16.5. The summed E-state index contributed by atoms with van der Waals surface area (Å²) in [7, 11) is 3.25. The zero-order valence-corrected chi connectivity index (χ0v) is 16.8. The molecule has 8 heteroatoms. The number of amides is 1. The van der Waals surface area contributed by atoms with E-state index in [1.807, 2.05) is 30.3 Å². The van der Waals surface area contributed by atoms with Crippen LogP contribution in [0.15, 0.2) is 54.9 Å². The van der Waals surface area contributed by atoms with Gasteiger partial charge in [-0.1, -0.05) is 0 Å². The Morgan fingerprint density at radius 2 is 2.00 bits per heavy atom. The number of hydrogen-bond donors (Lipinski definition) is 0. The number of ether oxygens (including phenoxy) is 3. The van der Waals surface area contributed by atoms with Crippen LogP contribution in [0.1, 0.15) is 5.69 Å². The van der Waals surface area contributed by atoms with Crippen molar-refractivity contribution in [1.82, 2.24) is 20.1 Å². The van der Waals surface area contributed by atoms with E-state index < -0.39 is 0 Å². The fraction of sp³-hybridized carbons (Fsp3) is 0.273. The Balaban J connectivity index is 1.34. The first-order valence-corrected chi connectivity index (χ1v) is 9.55. The van der Waals surface area contributed by atoms with Crippen LogP contribution in [-0.4, -0.2) is 59.4 Å². The van der Waals surface area contributed by atoms with Crippen molar-refractivity contribution in [3.63, 3.8) is 0 Å². The number of nitrogens with zero attached hydrogens (tertiary/aromatic N) is 4. The lowest BCUT2D eigenvalue weighted by Crippen LogP contribution is -2.56. The molecule has 3 aromatic rings. The van der Waals surface area contributed by atoms with Crippen LogP contribution in [0, 0.1) is 0 Å². The molecule has 0 radical (unpaired) electrons. The number of aromatic nitrogens is 3. The van der Waals surface area contributed by atoms with E-state index in [0.29, 0.717) is 24.7 Å². The lowest BCUT2D eigenvalue weighted by atomic mass is 10.1. The minimum atomic E-state index is -0.0690. The summed E-state index contributed by atoms with van der Waals surface area (Å²) >= 11 is 0. The Morgan fingerprint density at radius 3 is 2.67 bits per heavy atom. The number of pyridine rings is 1. The number of rotatable bonds is 7. The van der Waals surface area contributed by atoms with Crippen LogP contribution in [0.25, 0.3) is 11.1 Å². The molecule has 0 bridgehead atoms. The second-order valence-electron chi connectivity index (χ2n) is 6.88. The lowest BCUT2D eigenvalue weighted by molar-refractivity contribution is -0.139. The van der Waals surface area contributed by atoms with Crippen LogP contribution in [0.2, 0.25) is 0 Å². The maximum Gasteiger partial charge on any atom is 0.228 e. The normalized spacial score (nSPS) is 13.5. The highest BCUT2D eigenvalue weighted by Crippen LogP contribution is 2.33. The predicted molar refractivity (Wildman–Crippen MR) is 110 cm³/mol. The quantitative estimate of drug-likeness (QED) is 0.595. The molecule has 30 heavy (non-hydrogen) atoms. The summed E-state index contributed by atoms with van der Waals surface area (Å²) in [6.07, 6.45) is 3.50. The minimum absolute atomic E-state index is 0.0174. The van der Waals surface area contributed by atoms with Crippen molar-refractivity contribution in [3.05, 3.63) is 60.6 Å². The Hall–Kier alpha value is -3.68. The fourth-order valence-electron chi connectivity index (χ4n) is 3.23. The molecule has 1 amide bonds. The molecule has 1 fully saturated rings. The van der Waals surface area contributed by atoms with Gasteiger partial charge in [-0.15, -0.1) is 0 Å². The van der Waals surface area contributed by atoms with Gasteiger partial charge in [-0.3, -0.25) is 4.79 Å². The Kier molecular flexibility index (Phi) is 5.74. The van der Waals surface area contributed by atoms with E-state index in [-0.39, 0.29) is 18.4 Å². The molecule has 1 aliphatic heterocycles. The first-order chi connectivity index (χ1) is 14.7. The summed E-state index contributed by atoms with van der Waals surface area (Å²) < 4.78 is 16.6. The summed E-state index contributed by atoms with van der Waals surface area (Å²) in [6, 6.07) is 12.9. The molecule has 0 unspecified atom stereocenters. The van der Waals surface area contributed by atoms with Crippen LogP contribution in [0.5, 0.6) is 17.4 Å². The van der Waals surface area contributed by atoms with Crippen molar-refractivity contribution in [2.75, 3.05) is 27.3 Å². The molecule has 1 aliphatic rings. The second-order valence-corrected chi connectivity index (χ2v) is 6.88. The summed E-state index contributed by atoms with van der Waals surface area (Å²) in [5, 5.41) is 7.74. The smallest absolute Gasteiger partial charge is 0.228 e. The molecule has 4 rings (SSSR count). The molecule has 2 aromatic heterocycles. The lowest BCUT2D eigenvalue weighted by Gasteiger charge is -2.38. The van der Waals surface area contributed by atoms with Crippen molar-refractivity contribution in [3.8, 4) is 28.5 Å². The third-order valence-electron chi connectivity index (χ3n) is 4.90. The van der Waals surface area contributed by atoms with E-state index in [4.69, 9.17) is 14.2 Å². The van der Waals surface area contributed by atoms with Crippen LogP contribution < -0.4 is 14.2 Å². The van der Waals surface area contributed by atoms with Gasteiger partial charge in [0, 0.05) is 29.6 Å². The number of methoxy groups -OCH3 is 2. The molecule has 0 aliphatic carbocycles. The Labute approximate surface area is 174 Å². The first kappa shape index (κ1) is 19.6. The third kappa shape index (κ3) is 4.32. The molecule has 0 spiro atoms. The van der Waals surface area contributed by atoms with Gasteiger partial charge in [0.25, 0.3) is 0 Å². The van der Waals surface area contributed by atoms with Crippen molar-refractivity contribution in [2.24, 2.45) is 0 Å². The van der Waals surface area contributed by atoms with Gasteiger partial charge in [0.15, 0.2) is 0 Å². The second kappa shape index (κ2) is 8.77. The van der Waals surface area contributed by atoms with Gasteiger partial charge in [-0.25, -0.2) is 4.98 Å². The summed E-state index contributed by atoms with van der Waals surface area (Å²) in [5.41, 5.74) is 2.45. The molecule has 154 valence electrons. The van der Waals surface area contributed by atoms with Gasteiger partial charge in [0.2, 0.25) is 11.8 Å². The third-order valence-corrected chi connectivity index (χ3v) is 4.90. The van der Waals surface area contributed by atoms with Gasteiger partial charge < -0.3 is 19.1 Å². The summed E-state index contributed by atoms with van der Waals surface area (Å²) in [5.74, 6) is 2.02. The Bertz CT molecular complexity index is 1010. The van der Waals surface area contributed by atoms with E-state index in [1.54, 1.807) is 43.6 Å². The number of carbonyl (C=O) groups excluding carboxylic acids is 1. The van der Waals surface area contributed by atoms with Gasteiger partial charge in [0.05, 0.1) is 39.4 Å². The molecular weight excluding hydrogens is 384 g/mol. The molecule has 1 aromatic carbocycles. The van der Waals surface area contributed by atoms with E-state index in [2.05, 4.69) is 15.2 Å². The predicted octanol–water partition coefficient (Wildman–Crippen LogP) is 2.39. The molecule has 1 saturated heterocycles. The molecule has 3 heterocycles. The number of hydrogen-bond acceptors (Lipinski definition) is 7. The first-order valence-electron chi connectivity index (χ1n) is 9.55. The maximum absolute atomic E-state index is 12.3. The van der Waals surface area contributed by atoms with Crippen molar-refractivity contribution in [2.45, 2.75) is 12.5 Å². The van der Waals surface area contributed by atoms with Gasteiger partial charge >= 0.3 is 0 Å². The number of likely N-dealkylation sites (tertiary alicyclic amines) is 1. The highest BCUT2D eigenvalue weighted by molar-refractivity contribution is 5.79. The van der Waals surface area contributed by atoms with Crippen LogP contribution in [0.4, 0.5) is 0 Å². The van der Waals surface area contributed by atoms with Gasteiger partial charge in [-0.05, 0) is 36.4 Å². The highest BCUT2D eigenvalue weighted by Gasteiger charge is 2.32. The zero-order chi connectivity index (χ0) is 20.9. The van der Waals surface area contributed by atoms with E-state index in [0.717, 1.165) is 22.6 Å².